The van der Waals surface area contributed by atoms with E-state index in [4.69, 9.17) is 0 Å². The Balaban J connectivity index is 2.21. The Morgan fingerprint density at radius 3 is 2.80 bits per heavy atom. The number of benzene rings is 1. The Kier molecular flexibility index (Phi) is 1.78. The van der Waals surface area contributed by atoms with E-state index in [2.05, 4.69) is 10.2 Å². The minimum atomic E-state index is -0.228. The van der Waals surface area contributed by atoms with E-state index in [1.54, 1.807) is 18.5 Å². The zero-order chi connectivity index (χ0) is 10.3. The average Bonchev–Trinajstić information content (AvgIpc) is 2.80. The molecule has 0 saturated carbocycles. The summed E-state index contributed by atoms with van der Waals surface area (Å²) in [5.74, 6) is -0.228. The summed E-state index contributed by atoms with van der Waals surface area (Å²) >= 11 is 1.52. The second-order valence-corrected chi connectivity index (χ2v) is 3.95. The van der Waals surface area contributed by atoms with Gasteiger partial charge in [0.05, 0.1) is 5.69 Å². The normalized spacial score (nSPS) is 11.0. The zero-order valence-corrected chi connectivity index (χ0v) is 8.41. The van der Waals surface area contributed by atoms with Crippen LogP contribution in [0, 0.1) is 5.82 Å². The van der Waals surface area contributed by atoms with Crippen LogP contribution in [-0.2, 0) is 0 Å². The molecule has 0 unspecified atom stereocenters. The highest BCUT2D eigenvalue weighted by molar-refractivity contribution is 7.15. The minimum Gasteiger partial charge on any atom is -0.272 e. The molecule has 0 aliphatic rings. The van der Waals surface area contributed by atoms with Gasteiger partial charge >= 0.3 is 0 Å². The summed E-state index contributed by atoms with van der Waals surface area (Å²) in [6, 6.07) is 6.39. The highest BCUT2D eigenvalue weighted by atomic mass is 32.1. The lowest BCUT2D eigenvalue weighted by atomic mass is 10.2. The number of fused-ring (bicyclic) bond motifs is 1. The van der Waals surface area contributed by atoms with Crippen molar-refractivity contribution in [3.8, 4) is 11.3 Å². The van der Waals surface area contributed by atoms with Crippen molar-refractivity contribution in [2.45, 2.75) is 0 Å². The molecule has 0 atom stereocenters. The van der Waals surface area contributed by atoms with Crippen LogP contribution in [0.1, 0.15) is 0 Å². The SMILES string of the molecule is Fc1ccc(-c2csc3nncn23)cc1. The van der Waals surface area contributed by atoms with Gasteiger partial charge in [-0.2, -0.15) is 0 Å². The van der Waals surface area contributed by atoms with E-state index >= 15 is 0 Å². The Bertz CT molecular complexity index is 596. The summed E-state index contributed by atoms with van der Waals surface area (Å²) < 4.78 is 14.6. The van der Waals surface area contributed by atoms with Crippen molar-refractivity contribution in [1.29, 1.82) is 0 Å². The standard InChI is InChI=1S/C10H6FN3S/c11-8-3-1-7(2-4-8)9-5-15-10-13-12-6-14(9)10/h1-6H. The highest BCUT2D eigenvalue weighted by Crippen LogP contribution is 2.24. The quantitative estimate of drug-likeness (QED) is 0.629. The van der Waals surface area contributed by atoms with Gasteiger partial charge in [-0.05, 0) is 29.8 Å². The highest BCUT2D eigenvalue weighted by Gasteiger charge is 2.06. The van der Waals surface area contributed by atoms with Gasteiger partial charge in [0, 0.05) is 5.38 Å². The topological polar surface area (TPSA) is 30.2 Å². The smallest absolute Gasteiger partial charge is 0.216 e. The number of hydrogen-bond donors (Lipinski definition) is 0. The molecular weight excluding hydrogens is 213 g/mol. The second-order valence-electron chi connectivity index (χ2n) is 3.11. The van der Waals surface area contributed by atoms with Crippen LogP contribution in [0.5, 0.6) is 0 Å². The number of halogens is 1. The van der Waals surface area contributed by atoms with Gasteiger partial charge in [0.1, 0.15) is 12.1 Å². The number of rotatable bonds is 1. The molecule has 0 radical (unpaired) electrons. The summed E-state index contributed by atoms with van der Waals surface area (Å²) in [4.78, 5) is 0.842. The number of hydrogen-bond acceptors (Lipinski definition) is 3. The lowest BCUT2D eigenvalue weighted by Gasteiger charge is -1.98. The second kappa shape index (κ2) is 3.13. The van der Waals surface area contributed by atoms with E-state index in [1.165, 1.54) is 23.5 Å². The van der Waals surface area contributed by atoms with Crippen LogP contribution in [0.3, 0.4) is 0 Å². The summed E-state index contributed by atoms with van der Waals surface area (Å²) in [6.45, 7) is 0. The van der Waals surface area contributed by atoms with Crippen LogP contribution in [0.2, 0.25) is 0 Å². The van der Waals surface area contributed by atoms with E-state index in [9.17, 15) is 4.39 Å². The van der Waals surface area contributed by atoms with Crippen molar-refractivity contribution in [2.75, 3.05) is 0 Å². The Labute approximate surface area is 88.8 Å². The van der Waals surface area contributed by atoms with Crippen molar-refractivity contribution in [3.05, 3.63) is 41.8 Å². The van der Waals surface area contributed by atoms with Gasteiger partial charge in [-0.25, -0.2) is 4.39 Å². The van der Waals surface area contributed by atoms with Crippen LogP contribution < -0.4 is 0 Å². The Morgan fingerprint density at radius 2 is 2.00 bits per heavy atom. The van der Waals surface area contributed by atoms with Crippen LogP contribution in [0.4, 0.5) is 4.39 Å². The molecule has 1 aromatic carbocycles. The molecule has 3 aromatic rings. The van der Waals surface area contributed by atoms with Crippen LogP contribution in [0.25, 0.3) is 16.2 Å². The third-order valence-electron chi connectivity index (χ3n) is 2.19. The third-order valence-corrected chi connectivity index (χ3v) is 3.02. The molecule has 0 saturated heterocycles. The molecule has 0 amide bonds. The molecule has 74 valence electrons. The van der Waals surface area contributed by atoms with Crippen LogP contribution >= 0.6 is 11.3 Å². The van der Waals surface area contributed by atoms with E-state index < -0.39 is 0 Å². The molecule has 0 N–H and O–H groups in total. The van der Waals surface area contributed by atoms with Gasteiger partial charge in [0.2, 0.25) is 4.96 Å². The zero-order valence-electron chi connectivity index (χ0n) is 7.59. The molecule has 0 spiro atoms. The predicted molar refractivity (Wildman–Crippen MR) is 56.3 cm³/mol. The lowest BCUT2D eigenvalue weighted by Crippen LogP contribution is -1.83. The Morgan fingerprint density at radius 1 is 1.20 bits per heavy atom. The maximum atomic E-state index is 12.8. The van der Waals surface area contributed by atoms with Crippen LogP contribution in [-0.4, -0.2) is 14.6 Å². The largest absolute Gasteiger partial charge is 0.272 e. The van der Waals surface area contributed by atoms with Crippen molar-refractivity contribution < 1.29 is 4.39 Å². The molecule has 3 rings (SSSR count). The molecule has 5 heteroatoms. The van der Waals surface area contributed by atoms with Gasteiger partial charge in [-0.1, -0.05) is 0 Å². The predicted octanol–water partition coefficient (Wildman–Crippen LogP) is 2.60. The van der Waals surface area contributed by atoms with Crippen molar-refractivity contribution in [3.63, 3.8) is 0 Å². The van der Waals surface area contributed by atoms with Gasteiger partial charge in [-0.3, -0.25) is 4.40 Å². The fraction of sp³-hybridized carbons (Fsp3) is 0. The molecule has 2 heterocycles. The molecule has 0 aliphatic heterocycles. The molecule has 0 fully saturated rings. The molecule has 0 bridgehead atoms. The first kappa shape index (κ1) is 8.55. The fourth-order valence-corrected chi connectivity index (χ4v) is 2.28. The van der Waals surface area contributed by atoms with Gasteiger partial charge in [-0.15, -0.1) is 21.5 Å². The van der Waals surface area contributed by atoms with E-state index in [0.717, 1.165) is 16.2 Å². The van der Waals surface area contributed by atoms with Crippen molar-refractivity contribution in [1.82, 2.24) is 14.6 Å². The van der Waals surface area contributed by atoms with Gasteiger partial charge < -0.3 is 0 Å². The first-order valence-electron chi connectivity index (χ1n) is 4.38. The van der Waals surface area contributed by atoms with Crippen molar-refractivity contribution >= 4 is 16.3 Å². The molecule has 3 nitrogen and oxygen atoms in total. The van der Waals surface area contributed by atoms with Crippen molar-refractivity contribution in [2.24, 2.45) is 0 Å². The Hall–Kier alpha value is -1.75. The molecule has 15 heavy (non-hydrogen) atoms. The third kappa shape index (κ3) is 1.32. The van der Waals surface area contributed by atoms with E-state index in [-0.39, 0.29) is 5.82 Å². The minimum absolute atomic E-state index is 0.228. The first-order valence-corrected chi connectivity index (χ1v) is 5.26. The first-order chi connectivity index (χ1) is 7.34. The number of thiazole rings is 1. The number of nitrogens with zero attached hydrogens (tertiary/aromatic N) is 3. The van der Waals surface area contributed by atoms with E-state index in [1.807, 2.05) is 9.78 Å². The van der Waals surface area contributed by atoms with Gasteiger partial charge in [0.15, 0.2) is 0 Å². The maximum Gasteiger partial charge on any atom is 0.216 e. The summed E-state index contributed by atoms with van der Waals surface area (Å²) in [5.41, 5.74) is 1.95. The average molecular weight is 219 g/mol. The number of aromatic nitrogens is 3. The maximum absolute atomic E-state index is 12.8. The van der Waals surface area contributed by atoms with Crippen LogP contribution in [0.15, 0.2) is 36.0 Å². The van der Waals surface area contributed by atoms with E-state index in [0.29, 0.717) is 0 Å². The lowest BCUT2D eigenvalue weighted by molar-refractivity contribution is 0.628. The summed E-state index contributed by atoms with van der Waals surface area (Å²) in [6.07, 6.45) is 1.66. The van der Waals surface area contributed by atoms with Gasteiger partial charge in [0.25, 0.3) is 0 Å². The molecule has 0 aliphatic carbocycles. The fourth-order valence-electron chi connectivity index (χ4n) is 1.46. The molecule has 2 aromatic heterocycles. The molecular formula is C10H6FN3S. The summed E-state index contributed by atoms with van der Waals surface area (Å²) in [7, 11) is 0. The monoisotopic (exact) mass is 219 g/mol. The summed E-state index contributed by atoms with van der Waals surface area (Å²) in [5, 5.41) is 9.74.